The number of rotatable bonds is 3. The van der Waals surface area contributed by atoms with Gasteiger partial charge in [-0.3, -0.25) is 4.90 Å². The van der Waals surface area contributed by atoms with Crippen molar-refractivity contribution in [3.8, 4) is 0 Å². The molecule has 0 N–H and O–H groups in total. The van der Waals surface area contributed by atoms with Crippen LogP contribution >= 0.6 is 0 Å². The van der Waals surface area contributed by atoms with Crippen molar-refractivity contribution < 1.29 is 13.7 Å². The predicted molar refractivity (Wildman–Crippen MR) is 71.6 cm³/mol. The molecule has 1 fully saturated rings. The van der Waals surface area contributed by atoms with Gasteiger partial charge in [-0.2, -0.15) is 0 Å². The topological polar surface area (TPSA) is 38.5 Å². The van der Waals surface area contributed by atoms with E-state index in [2.05, 4.69) is 10.1 Å². The minimum absolute atomic E-state index is 0.0163. The van der Waals surface area contributed by atoms with Crippen LogP contribution in [0.3, 0.4) is 0 Å². The van der Waals surface area contributed by atoms with Crippen LogP contribution in [-0.2, 0) is 11.3 Å². The van der Waals surface area contributed by atoms with E-state index in [-0.39, 0.29) is 11.9 Å². The monoisotopic (exact) mass is 276 g/mol. The van der Waals surface area contributed by atoms with Gasteiger partial charge in [0.25, 0.3) is 0 Å². The lowest BCUT2D eigenvalue weighted by molar-refractivity contribution is -0.0335. The number of benzene rings is 1. The first kappa shape index (κ1) is 13.3. The molecule has 0 saturated carbocycles. The fraction of sp³-hybridized carbons (Fsp3) is 0.400. The Morgan fingerprint density at radius 1 is 1.35 bits per heavy atom. The van der Waals surface area contributed by atoms with Gasteiger partial charge in [0.15, 0.2) is 0 Å². The van der Waals surface area contributed by atoms with Crippen LogP contribution in [0.2, 0.25) is 0 Å². The molecule has 2 heterocycles. The van der Waals surface area contributed by atoms with Crippen LogP contribution in [0.5, 0.6) is 0 Å². The number of hydrogen-bond donors (Lipinski definition) is 0. The quantitative estimate of drug-likeness (QED) is 0.864. The van der Waals surface area contributed by atoms with Gasteiger partial charge in [0, 0.05) is 25.7 Å². The zero-order chi connectivity index (χ0) is 13.9. The summed E-state index contributed by atoms with van der Waals surface area (Å²) in [7, 11) is 0. The lowest BCUT2D eigenvalue weighted by Crippen LogP contribution is -2.37. The van der Waals surface area contributed by atoms with Crippen molar-refractivity contribution in [2.45, 2.75) is 19.6 Å². The van der Waals surface area contributed by atoms with E-state index < -0.39 is 0 Å². The number of hydrogen-bond acceptors (Lipinski definition) is 4. The van der Waals surface area contributed by atoms with E-state index in [0.29, 0.717) is 6.61 Å². The summed E-state index contributed by atoms with van der Waals surface area (Å²) in [6.07, 6.45) is -0.0163. The Balaban J connectivity index is 1.65. The Kier molecular flexibility index (Phi) is 3.80. The van der Waals surface area contributed by atoms with Crippen molar-refractivity contribution >= 4 is 0 Å². The first-order valence-corrected chi connectivity index (χ1v) is 6.72. The van der Waals surface area contributed by atoms with Crippen molar-refractivity contribution in [1.82, 2.24) is 10.1 Å². The SMILES string of the molecule is Cc1cc(CN2CCOC(c3ccc(F)cc3)C2)no1. The minimum Gasteiger partial charge on any atom is -0.371 e. The molecule has 1 aromatic heterocycles. The summed E-state index contributed by atoms with van der Waals surface area (Å²) in [6, 6.07) is 8.45. The molecule has 20 heavy (non-hydrogen) atoms. The van der Waals surface area contributed by atoms with E-state index in [0.717, 1.165) is 36.7 Å². The van der Waals surface area contributed by atoms with Crippen LogP contribution in [-0.4, -0.2) is 29.8 Å². The third-order valence-electron chi connectivity index (χ3n) is 3.45. The minimum atomic E-state index is -0.223. The smallest absolute Gasteiger partial charge is 0.133 e. The fourth-order valence-electron chi connectivity index (χ4n) is 2.45. The van der Waals surface area contributed by atoms with Crippen molar-refractivity contribution in [2.24, 2.45) is 0 Å². The molecule has 1 atom stereocenters. The lowest BCUT2D eigenvalue weighted by Gasteiger charge is -2.32. The molecule has 1 unspecified atom stereocenters. The molecule has 0 aliphatic carbocycles. The highest BCUT2D eigenvalue weighted by Gasteiger charge is 2.22. The maximum atomic E-state index is 13.0. The zero-order valence-corrected chi connectivity index (χ0v) is 11.4. The summed E-state index contributed by atoms with van der Waals surface area (Å²) < 4.78 is 23.8. The molecule has 1 aromatic carbocycles. The number of ether oxygens (including phenoxy) is 1. The number of morpholine rings is 1. The Morgan fingerprint density at radius 2 is 2.15 bits per heavy atom. The molecule has 0 radical (unpaired) electrons. The van der Waals surface area contributed by atoms with Crippen molar-refractivity contribution in [3.05, 3.63) is 53.2 Å². The summed E-state index contributed by atoms with van der Waals surface area (Å²) in [4.78, 5) is 2.27. The average Bonchev–Trinajstić information content (AvgIpc) is 2.85. The molecule has 0 amide bonds. The molecule has 106 valence electrons. The number of aromatic nitrogens is 1. The van der Waals surface area contributed by atoms with E-state index in [4.69, 9.17) is 9.26 Å². The van der Waals surface area contributed by atoms with Gasteiger partial charge in [-0.15, -0.1) is 0 Å². The van der Waals surface area contributed by atoms with Crippen LogP contribution in [0, 0.1) is 12.7 Å². The van der Waals surface area contributed by atoms with E-state index in [1.807, 2.05) is 13.0 Å². The second-order valence-electron chi connectivity index (χ2n) is 5.07. The first-order valence-electron chi connectivity index (χ1n) is 6.72. The molecule has 1 saturated heterocycles. The molecule has 0 bridgehead atoms. The molecule has 0 spiro atoms. The van der Waals surface area contributed by atoms with Crippen LogP contribution < -0.4 is 0 Å². The van der Waals surface area contributed by atoms with Gasteiger partial charge in [0.1, 0.15) is 11.6 Å². The second kappa shape index (κ2) is 5.73. The maximum absolute atomic E-state index is 13.0. The van der Waals surface area contributed by atoms with Crippen LogP contribution in [0.4, 0.5) is 4.39 Å². The summed E-state index contributed by atoms with van der Waals surface area (Å²) >= 11 is 0. The third kappa shape index (κ3) is 3.05. The van der Waals surface area contributed by atoms with Gasteiger partial charge in [-0.25, -0.2) is 4.39 Å². The normalized spacial score (nSPS) is 20.2. The van der Waals surface area contributed by atoms with E-state index in [1.54, 1.807) is 12.1 Å². The lowest BCUT2D eigenvalue weighted by atomic mass is 10.1. The van der Waals surface area contributed by atoms with Gasteiger partial charge in [-0.05, 0) is 24.6 Å². The molecule has 1 aliphatic heterocycles. The van der Waals surface area contributed by atoms with Crippen LogP contribution in [0.15, 0.2) is 34.9 Å². The summed E-state index contributed by atoms with van der Waals surface area (Å²) in [5.41, 5.74) is 1.94. The van der Waals surface area contributed by atoms with Crippen molar-refractivity contribution in [3.63, 3.8) is 0 Å². The summed E-state index contributed by atoms with van der Waals surface area (Å²) in [5, 5.41) is 4.01. The van der Waals surface area contributed by atoms with Crippen LogP contribution in [0.1, 0.15) is 23.1 Å². The average molecular weight is 276 g/mol. The third-order valence-corrected chi connectivity index (χ3v) is 3.45. The highest BCUT2D eigenvalue weighted by molar-refractivity contribution is 5.19. The molecule has 1 aliphatic rings. The van der Waals surface area contributed by atoms with Gasteiger partial charge >= 0.3 is 0 Å². The molecule has 5 heteroatoms. The van der Waals surface area contributed by atoms with Gasteiger partial charge in [0.2, 0.25) is 0 Å². The Bertz CT molecular complexity index is 568. The Labute approximate surface area is 117 Å². The highest BCUT2D eigenvalue weighted by atomic mass is 19.1. The standard InChI is InChI=1S/C15H17FN2O2/c1-11-8-14(17-20-11)9-18-6-7-19-15(10-18)12-2-4-13(16)5-3-12/h2-5,8,15H,6-7,9-10H2,1H3. The zero-order valence-electron chi connectivity index (χ0n) is 11.4. The Morgan fingerprint density at radius 3 is 2.85 bits per heavy atom. The molecule has 3 rings (SSSR count). The number of aryl methyl sites for hydroxylation is 1. The van der Waals surface area contributed by atoms with E-state index in [1.165, 1.54) is 12.1 Å². The number of halogens is 1. The predicted octanol–water partition coefficient (Wildman–Crippen LogP) is 2.70. The largest absolute Gasteiger partial charge is 0.371 e. The first-order chi connectivity index (χ1) is 9.70. The molecular weight excluding hydrogens is 259 g/mol. The maximum Gasteiger partial charge on any atom is 0.133 e. The highest BCUT2D eigenvalue weighted by Crippen LogP contribution is 2.23. The summed E-state index contributed by atoms with van der Waals surface area (Å²) in [6.45, 7) is 4.94. The fourth-order valence-corrected chi connectivity index (χ4v) is 2.45. The summed E-state index contributed by atoms with van der Waals surface area (Å²) in [5.74, 6) is 0.600. The Hall–Kier alpha value is -1.72. The van der Waals surface area contributed by atoms with Crippen molar-refractivity contribution in [2.75, 3.05) is 19.7 Å². The van der Waals surface area contributed by atoms with E-state index in [9.17, 15) is 4.39 Å². The van der Waals surface area contributed by atoms with Gasteiger partial charge in [0.05, 0.1) is 18.4 Å². The molecule has 2 aromatic rings. The number of nitrogens with zero attached hydrogens (tertiary/aromatic N) is 2. The van der Waals surface area contributed by atoms with E-state index >= 15 is 0 Å². The van der Waals surface area contributed by atoms with Gasteiger partial charge in [-0.1, -0.05) is 17.3 Å². The molecular formula is C15H17FN2O2. The molecule has 4 nitrogen and oxygen atoms in total. The van der Waals surface area contributed by atoms with Gasteiger partial charge < -0.3 is 9.26 Å². The second-order valence-corrected chi connectivity index (χ2v) is 5.07. The van der Waals surface area contributed by atoms with Crippen molar-refractivity contribution in [1.29, 1.82) is 0 Å². The van der Waals surface area contributed by atoms with Crippen LogP contribution in [0.25, 0.3) is 0 Å².